The molecule has 1 unspecified atom stereocenters. The van der Waals surface area contributed by atoms with Crippen molar-refractivity contribution in [3.8, 4) is 5.75 Å². The zero-order chi connectivity index (χ0) is 17.4. The number of benzene rings is 1. The maximum Gasteiger partial charge on any atom is 0.257 e. The van der Waals surface area contributed by atoms with Crippen molar-refractivity contribution in [1.29, 1.82) is 0 Å². The van der Waals surface area contributed by atoms with Gasteiger partial charge in [-0.2, -0.15) is 0 Å². The van der Waals surface area contributed by atoms with Crippen LogP contribution in [0.15, 0.2) is 22.7 Å². The summed E-state index contributed by atoms with van der Waals surface area (Å²) in [6, 6.07) is 5.18. The minimum atomic E-state index is -0.479. The summed E-state index contributed by atoms with van der Waals surface area (Å²) in [5, 5.41) is 2.82. The van der Waals surface area contributed by atoms with E-state index in [0.29, 0.717) is 17.1 Å². The Kier molecular flexibility index (Phi) is 7.99. The molecule has 0 saturated carbocycles. The predicted molar refractivity (Wildman–Crippen MR) is 96.7 cm³/mol. The lowest BCUT2D eigenvalue weighted by atomic mass is 10.0. The van der Waals surface area contributed by atoms with Gasteiger partial charge in [0.2, 0.25) is 0 Å². The molecule has 1 aliphatic heterocycles. The number of unbranched alkanes of at least 4 members (excludes halogenated alkanes) is 1. The van der Waals surface area contributed by atoms with Crippen molar-refractivity contribution < 1.29 is 13.9 Å². The van der Waals surface area contributed by atoms with Crippen molar-refractivity contribution in [1.82, 2.24) is 10.2 Å². The van der Waals surface area contributed by atoms with Gasteiger partial charge in [-0.05, 0) is 63.9 Å². The topological polar surface area (TPSA) is 41.6 Å². The van der Waals surface area contributed by atoms with Crippen molar-refractivity contribution in [3.63, 3.8) is 0 Å². The van der Waals surface area contributed by atoms with E-state index in [1.807, 2.05) is 0 Å². The van der Waals surface area contributed by atoms with E-state index in [4.69, 9.17) is 4.74 Å². The number of hydrogen-bond acceptors (Lipinski definition) is 3. The van der Waals surface area contributed by atoms with Gasteiger partial charge in [0.1, 0.15) is 0 Å². The highest BCUT2D eigenvalue weighted by Crippen LogP contribution is 2.21. The second kappa shape index (κ2) is 9.99. The molecule has 1 aromatic rings. The van der Waals surface area contributed by atoms with E-state index in [1.54, 1.807) is 6.07 Å². The molecule has 1 aliphatic rings. The van der Waals surface area contributed by atoms with E-state index in [2.05, 4.69) is 33.1 Å². The van der Waals surface area contributed by atoms with Crippen molar-refractivity contribution in [3.05, 3.63) is 28.5 Å². The van der Waals surface area contributed by atoms with Gasteiger partial charge in [-0.15, -0.1) is 0 Å². The van der Waals surface area contributed by atoms with Crippen LogP contribution in [0.3, 0.4) is 0 Å². The SMILES string of the molecule is CC1CCCCN1CCCCNC(=O)COc1ccc(Br)cc1F. The molecule has 24 heavy (non-hydrogen) atoms. The molecule has 4 nitrogen and oxygen atoms in total. The summed E-state index contributed by atoms with van der Waals surface area (Å²) in [5.41, 5.74) is 0. The third kappa shape index (κ3) is 6.40. The summed E-state index contributed by atoms with van der Waals surface area (Å²) in [6.45, 7) is 5.05. The normalized spacial score (nSPS) is 18.4. The Morgan fingerprint density at radius 2 is 2.25 bits per heavy atom. The smallest absolute Gasteiger partial charge is 0.257 e. The Morgan fingerprint density at radius 1 is 1.42 bits per heavy atom. The molecule has 0 aromatic heterocycles. The summed E-state index contributed by atoms with van der Waals surface area (Å²) < 4.78 is 19.4. The molecule has 1 N–H and O–H groups in total. The number of nitrogens with one attached hydrogen (secondary N) is 1. The number of carbonyl (C=O) groups excluding carboxylic acids is 1. The Balaban J connectivity index is 1.56. The minimum Gasteiger partial charge on any atom is -0.481 e. The first kappa shape index (κ1) is 19.2. The van der Waals surface area contributed by atoms with E-state index in [9.17, 15) is 9.18 Å². The molecule has 2 rings (SSSR count). The molecular weight excluding hydrogens is 375 g/mol. The number of piperidine rings is 1. The van der Waals surface area contributed by atoms with E-state index >= 15 is 0 Å². The van der Waals surface area contributed by atoms with Crippen LogP contribution in [0.5, 0.6) is 5.75 Å². The summed E-state index contributed by atoms with van der Waals surface area (Å²) in [5.74, 6) is -0.607. The Bertz CT molecular complexity index is 542. The maximum atomic E-state index is 13.6. The monoisotopic (exact) mass is 400 g/mol. The van der Waals surface area contributed by atoms with Crippen molar-refractivity contribution in [2.75, 3.05) is 26.2 Å². The fourth-order valence-corrected chi connectivity index (χ4v) is 3.28. The zero-order valence-electron chi connectivity index (χ0n) is 14.2. The second-order valence-electron chi connectivity index (χ2n) is 6.30. The van der Waals surface area contributed by atoms with Crippen LogP contribution in [0.2, 0.25) is 0 Å². The first-order valence-corrected chi connectivity index (χ1v) is 9.44. The Labute approximate surface area is 151 Å². The van der Waals surface area contributed by atoms with Crippen LogP contribution in [0.1, 0.15) is 39.0 Å². The molecule has 1 amide bonds. The summed E-state index contributed by atoms with van der Waals surface area (Å²) >= 11 is 3.18. The lowest BCUT2D eigenvalue weighted by Gasteiger charge is -2.33. The molecule has 1 saturated heterocycles. The van der Waals surface area contributed by atoms with Crippen molar-refractivity contribution in [2.24, 2.45) is 0 Å². The first-order chi connectivity index (χ1) is 11.6. The van der Waals surface area contributed by atoms with Gasteiger partial charge < -0.3 is 15.0 Å². The number of halogens is 2. The average Bonchev–Trinajstić information content (AvgIpc) is 2.55. The first-order valence-electron chi connectivity index (χ1n) is 8.65. The van der Waals surface area contributed by atoms with Crippen LogP contribution >= 0.6 is 15.9 Å². The number of rotatable bonds is 8. The summed E-state index contributed by atoms with van der Waals surface area (Å²) in [6.07, 6.45) is 5.95. The molecule has 1 aromatic carbocycles. The van der Waals surface area contributed by atoms with Gasteiger partial charge in [-0.25, -0.2) is 4.39 Å². The molecule has 0 bridgehead atoms. The Morgan fingerprint density at radius 3 is 3.00 bits per heavy atom. The van der Waals surface area contributed by atoms with Gasteiger partial charge in [0.25, 0.3) is 5.91 Å². The Hall–Kier alpha value is -1.14. The average molecular weight is 401 g/mol. The predicted octanol–water partition coefficient (Wildman–Crippen LogP) is 3.74. The van der Waals surface area contributed by atoms with Gasteiger partial charge in [0.05, 0.1) is 0 Å². The van der Waals surface area contributed by atoms with Gasteiger partial charge in [0.15, 0.2) is 18.2 Å². The van der Waals surface area contributed by atoms with Crippen molar-refractivity contribution in [2.45, 2.75) is 45.1 Å². The van der Waals surface area contributed by atoms with Crippen LogP contribution in [-0.2, 0) is 4.79 Å². The molecule has 0 radical (unpaired) electrons. The summed E-state index contributed by atoms with van der Waals surface area (Å²) in [7, 11) is 0. The fraction of sp³-hybridized carbons (Fsp3) is 0.611. The molecule has 1 atom stereocenters. The van der Waals surface area contributed by atoms with E-state index < -0.39 is 5.82 Å². The molecule has 0 aliphatic carbocycles. The highest BCUT2D eigenvalue weighted by molar-refractivity contribution is 9.10. The summed E-state index contributed by atoms with van der Waals surface area (Å²) in [4.78, 5) is 14.3. The molecule has 6 heteroatoms. The molecule has 0 spiro atoms. The quantitative estimate of drug-likeness (QED) is 0.675. The molecular formula is C18H26BrFN2O2. The molecule has 1 fully saturated rings. The second-order valence-corrected chi connectivity index (χ2v) is 7.22. The number of nitrogens with zero attached hydrogens (tertiary/aromatic N) is 1. The van der Waals surface area contributed by atoms with Gasteiger partial charge >= 0.3 is 0 Å². The largest absolute Gasteiger partial charge is 0.481 e. The highest BCUT2D eigenvalue weighted by atomic mass is 79.9. The van der Waals surface area contributed by atoms with Crippen LogP contribution in [0.25, 0.3) is 0 Å². The van der Waals surface area contributed by atoms with E-state index in [-0.39, 0.29) is 18.3 Å². The van der Waals surface area contributed by atoms with Crippen LogP contribution < -0.4 is 10.1 Å². The van der Waals surface area contributed by atoms with E-state index in [0.717, 1.165) is 19.4 Å². The highest BCUT2D eigenvalue weighted by Gasteiger charge is 2.17. The zero-order valence-corrected chi connectivity index (χ0v) is 15.8. The third-order valence-electron chi connectivity index (χ3n) is 4.39. The maximum absolute atomic E-state index is 13.6. The molecule has 134 valence electrons. The van der Waals surface area contributed by atoms with Gasteiger partial charge in [-0.3, -0.25) is 4.79 Å². The standard InChI is InChI=1S/C18H26BrFN2O2/c1-14-6-2-4-10-22(14)11-5-3-9-21-18(23)13-24-17-8-7-15(19)12-16(17)20/h7-8,12,14H,2-6,9-11,13H2,1H3,(H,21,23). The number of likely N-dealkylation sites (tertiary alicyclic amines) is 1. The molecule has 1 heterocycles. The number of ether oxygens (including phenoxy) is 1. The number of carbonyl (C=O) groups is 1. The number of amides is 1. The third-order valence-corrected chi connectivity index (χ3v) is 4.88. The van der Waals surface area contributed by atoms with Crippen molar-refractivity contribution >= 4 is 21.8 Å². The van der Waals surface area contributed by atoms with Gasteiger partial charge in [-0.1, -0.05) is 22.4 Å². The lowest BCUT2D eigenvalue weighted by Crippen LogP contribution is -2.38. The van der Waals surface area contributed by atoms with Crippen LogP contribution in [0.4, 0.5) is 4.39 Å². The van der Waals surface area contributed by atoms with Crippen LogP contribution in [-0.4, -0.2) is 43.1 Å². The fourth-order valence-electron chi connectivity index (χ4n) is 2.94. The van der Waals surface area contributed by atoms with Gasteiger partial charge in [0, 0.05) is 17.1 Å². The number of hydrogen-bond donors (Lipinski definition) is 1. The lowest BCUT2D eigenvalue weighted by molar-refractivity contribution is -0.123. The minimum absolute atomic E-state index is 0.0902. The van der Waals surface area contributed by atoms with E-state index in [1.165, 1.54) is 37.9 Å². The van der Waals surface area contributed by atoms with Crippen LogP contribution in [0, 0.1) is 5.82 Å².